The lowest BCUT2D eigenvalue weighted by molar-refractivity contribution is 0.183. The number of nitrogens with zero attached hydrogens (tertiary/aromatic N) is 1. The molecule has 2 rings (SSSR count). The first-order valence-corrected chi connectivity index (χ1v) is 11.9. The molecule has 0 radical (unpaired) electrons. The molecule has 1 fully saturated rings. The van der Waals surface area contributed by atoms with Gasteiger partial charge in [0.2, 0.25) is 10.0 Å². The minimum atomic E-state index is -3.42. The van der Waals surface area contributed by atoms with Gasteiger partial charge in [0.1, 0.15) is 10.6 Å². The molecule has 1 heterocycles. The maximum atomic E-state index is 11.9. The second kappa shape index (κ2) is 7.59. The third-order valence-electron chi connectivity index (χ3n) is 4.08. The predicted octanol–water partition coefficient (Wildman–Crippen LogP) is 1.88. The molecule has 1 aromatic rings. The predicted molar refractivity (Wildman–Crippen MR) is 93.7 cm³/mol. The van der Waals surface area contributed by atoms with Gasteiger partial charge in [-0.1, -0.05) is 6.07 Å². The first-order chi connectivity index (χ1) is 11.1. The standard InChI is InChI=1S/C15H22ClNO5S2/c1-23(18,19)15-9-13(10-16)3-4-14(15)22-11-12-5-7-17(8-6-12)24(2,20)21/h3-4,9,12H,5-8,10-11H2,1-2H3. The van der Waals surface area contributed by atoms with E-state index >= 15 is 0 Å². The molecule has 0 unspecified atom stereocenters. The fraction of sp³-hybridized carbons (Fsp3) is 0.600. The Morgan fingerprint density at radius 3 is 2.29 bits per heavy atom. The van der Waals surface area contributed by atoms with Crippen LogP contribution in [-0.4, -0.2) is 53.3 Å². The summed E-state index contributed by atoms with van der Waals surface area (Å²) in [7, 11) is -6.57. The molecule has 0 atom stereocenters. The van der Waals surface area contributed by atoms with E-state index in [4.69, 9.17) is 16.3 Å². The normalized spacial score (nSPS) is 17.8. The monoisotopic (exact) mass is 395 g/mol. The SMILES string of the molecule is CS(=O)(=O)c1cc(CCl)ccc1OCC1CCN(S(C)(=O)=O)CC1. The largest absolute Gasteiger partial charge is 0.492 e. The Kier molecular flexibility index (Phi) is 6.17. The molecule has 1 aliphatic heterocycles. The number of ether oxygens (including phenoxy) is 1. The molecule has 0 N–H and O–H groups in total. The smallest absolute Gasteiger partial charge is 0.211 e. The third kappa shape index (κ3) is 5.08. The van der Waals surface area contributed by atoms with E-state index in [1.165, 1.54) is 16.6 Å². The maximum absolute atomic E-state index is 11.9. The van der Waals surface area contributed by atoms with Crippen molar-refractivity contribution < 1.29 is 21.6 Å². The molecule has 1 aromatic carbocycles. The zero-order valence-electron chi connectivity index (χ0n) is 13.7. The van der Waals surface area contributed by atoms with E-state index in [1.807, 2.05) is 0 Å². The van der Waals surface area contributed by atoms with Gasteiger partial charge in [-0.15, -0.1) is 11.6 Å². The van der Waals surface area contributed by atoms with Crippen molar-refractivity contribution in [3.63, 3.8) is 0 Å². The summed E-state index contributed by atoms with van der Waals surface area (Å²) in [6, 6.07) is 4.90. The van der Waals surface area contributed by atoms with Crippen LogP contribution in [0.4, 0.5) is 0 Å². The van der Waals surface area contributed by atoms with Crippen molar-refractivity contribution in [2.45, 2.75) is 23.6 Å². The summed E-state index contributed by atoms with van der Waals surface area (Å²) in [4.78, 5) is 0.134. The average Bonchev–Trinajstić information content (AvgIpc) is 2.51. The summed E-state index contributed by atoms with van der Waals surface area (Å²) in [5, 5.41) is 0. The van der Waals surface area contributed by atoms with Crippen LogP contribution >= 0.6 is 11.6 Å². The van der Waals surface area contributed by atoms with E-state index in [-0.39, 0.29) is 16.7 Å². The van der Waals surface area contributed by atoms with E-state index in [0.29, 0.717) is 43.9 Å². The van der Waals surface area contributed by atoms with Crippen LogP contribution in [0.5, 0.6) is 5.75 Å². The second-order valence-corrected chi connectivity index (χ2v) is 10.3. The molecule has 9 heteroatoms. The molecule has 6 nitrogen and oxygen atoms in total. The Morgan fingerprint density at radius 1 is 1.17 bits per heavy atom. The Bertz CT molecular complexity index is 784. The minimum Gasteiger partial charge on any atom is -0.492 e. The highest BCUT2D eigenvalue weighted by atomic mass is 35.5. The number of piperidine rings is 1. The molecule has 1 saturated heterocycles. The van der Waals surface area contributed by atoms with Crippen molar-refractivity contribution in [1.82, 2.24) is 4.31 Å². The van der Waals surface area contributed by atoms with Crippen molar-refractivity contribution >= 4 is 31.5 Å². The van der Waals surface area contributed by atoms with Gasteiger partial charge in [0, 0.05) is 25.2 Å². The Hall–Kier alpha value is -0.830. The van der Waals surface area contributed by atoms with Gasteiger partial charge in [0.05, 0.1) is 12.9 Å². The van der Waals surface area contributed by atoms with E-state index in [2.05, 4.69) is 0 Å². The van der Waals surface area contributed by atoms with Crippen molar-refractivity contribution in [1.29, 1.82) is 0 Å². The van der Waals surface area contributed by atoms with E-state index in [0.717, 1.165) is 6.26 Å². The Balaban J connectivity index is 2.03. The number of hydrogen-bond acceptors (Lipinski definition) is 5. The quantitative estimate of drug-likeness (QED) is 0.687. The zero-order chi connectivity index (χ0) is 18.0. The summed E-state index contributed by atoms with van der Waals surface area (Å²) in [6.07, 6.45) is 3.74. The van der Waals surface area contributed by atoms with Crippen LogP contribution in [0.2, 0.25) is 0 Å². The number of benzene rings is 1. The Labute approximate surface area is 148 Å². The van der Waals surface area contributed by atoms with Crippen LogP contribution in [-0.2, 0) is 25.7 Å². The molecule has 0 amide bonds. The van der Waals surface area contributed by atoms with E-state index in [1.54, 1.807) is 12.1 Å². The summed E-state index contributed by atoms with van der Waals surface area (Å²) in [5.74, 6) is 0.743. The molecule has 1 aliphatic rings. The average molecular weight is 396 g/mol. The van der Waals surface area contributed by atoms with E-state index < -0.39 is 19.9 Å². The van der Waals surface area contributed by atoms with E-state index in [9.17, 15) is 16.8 Å². The van der Waals surface area contributed by atoms with Gasteiger partial charge < -0.3 is 4.74 Å². The molecule has 136 valence electrons. The summed E-state index contributed by atoms with van der Waals surface area (Å²) in [6.45, 7) is 1.30. The van der Waals surface area contributed by atoms with Crippen molar-refractivity contribution in [3.8, 4) is 5.75 Å². The molecule has 0 spiro atoms. The highest BCUT2D eigenvalue weighted by molar-refractivity contribution is 7.90. The number of halogens is 1. The highest BCUT2D eigenvalue weighted by Gasteiger charge is 2.25. The first-order valence-electron chi connectivity index (χ1n) is 7.58. The molecule has 0 aliphatic carbocycles. The molecule has 0 aromatic heterocycles. The van der Waals surface area contributed by atoms with Crippen molar-refractivity contribution in [3.05, 3.63) is 23.8 Å². The molecular formula is C15H22ClNO5S2. The van der Waals surface area contributed by atoms with Gasteiger partial charge in [0.15, 0.2) is 9.84 Å². The lowest BCUT2D eigenvalue weighted by Crippen LogP contribution is -2.39. The second-order valence-electron chi connectivity index (χ2n) is 6.10. The molecular weight excluding hydrogens is 374 g/mol. The van der Waals surface area contributed by atoms with Crippen LogP contribution < -0.4 is 4.74 Å². The summed E-state index contributed by atoms with van der Waals surface area (Å²) < 4.78 is 54.1. The third-order valence-corrected chi connectivity index (χ3v) is 6.81. The maximum Gasteiger partial charge on any atom is 0.211 e. The zero-order valence-corrected chi connectivity index (χ0v) is 16.1. The number of alkyl halides is 1. The fourth-order valence-corrected chi connectivity index (χ4v) is 4.56. The minimum absolute atomic E-state index is 0.134. The topological polar surface area (TPSA) is 80.8 Å². The molecule has 24 heavy (non-hydrogen) atoms. The lowest BCUT2D eigenvalue weighted by atomic mass is 9.99. The van der Waals surface area contributed by atoms with Gasteiger partial charge in [-0.2, -0.15) is 0 Å². The lowest BCUT2D eigenvalue weighted by Gasteiger charge is -2.30. The number of hydrogen-bond donors (Lipinski definition) is 0. The van der Waals surface area contributed by atoms with Crippen LogP contribution in [0.1, 0.15) is 18.4 Å². The van der Waals surface area contributed by atoms with Crippen LogP contribution in [0.15, 0.2) is 23.1 Å². The van der Waals surface area contributed by atoms with Crippen LogP contribution in [0.3, 0.4) is 0 Å². The highest BCUT2D eigenvalue weighted by Crippen LogP contribution is 2.28. The van der Waals surface area contributed by atoms with Crippen LogP contribution in [0, 0.1) is 5.92 Å². The number of rotatable bonds is 6. The Morgan fingerprint density at radius 2 is 1.79 bits per heavy atom. The van der Waals surface area contributed by atoms with Gasteiger partial charge >= 0.3 is 0 Å². The van der Waals surface area contributed by atoms with Crippen molar-refractivity contribution in [2.24, 2.45) is 5.92 Å². The van der Waals surface area contributed by atoms with Gasteiger partial charge in [-0.25, -0.2) is 21.1 Å². The van der Waals surface area contributed by atoms with Crippen molar-refractivity contribution in [2.75, 3.05) is 32.2 Å². The fourth-order valence-electron chi connectivity index (χ4n) is 2.66. The summed E-state index contributed by atoms with van der Waals surface area (Å²) >= 11 is 5.76. The molecule has 0 saturated carbocycles. The van der Waals surface area contributed by atoms with Gasteiger partial charge in [-0.05, 0) is 36.5 Å². The number of sulfonamides is 1. The van der Waals surface area contributed by atoms with Crippen LogP contribution in [0.25, 0.3) is 0 Å². The van der Waals surface area contributed by atoms with Gasteiger partial charge in [0.25, 0.3) is 0 Å². The van der Waals surface area contributed by atoms with Gasteiger partial charge in [-0.3, -0.25) is 0 Å². The molecule has 0 bridgehead atoms. The number of sulfone groups is 1. The summed E-state index contributed by atoms with van der Waals surface area (Å²) in [5.41, 5.74) is 0.714. The first kappa shape index (κ1) is 19.5.